The van der Waals surface area contributed by atoms with Crippen LogP contribution in [0.25, 0.3) is 0 Å². The van der Waals surface area contributed by atoms with Crippen LogP contribution in [0.3, 0.4) is 0 Å². The zero-order valence-corrected chi connectivity index (χ0v) is 15.1. The van der Waals surface area contributed by atoms with E-state index in [1.807, 2.05) is 6.92 Å². The van der Waals surface area contributed by atoms with Gasteiger partial charge in [0, 0.05) is 17.2 Å². The number of nitrogens with zero attached hydrogens (tertiary/aromatic N) is 1. The summed E-state index contributed by atoms with van der Waals surface area (Å²) in [5, 5.41) is 2.05. The maximum absolute atomic E-state index is 11.6. The molecule has 0 unspecified atom stereocenters. The number of hydrogen-bond donors (Lipinski definition) is 1. The van der Waals surface area contributed by atoms with E-state index in [0.29, 0.717) is 11.6 Å². The normalized spacial score (nSPS) is 49.3. The molecule has 0 spiro atoms. The number of carbonyl (C=O) groups excluding carboxylic acids is 1. The number of hydrogen-bond acceptors (Lipinski definition) is 6. The second kappa shape index (κ2) is 4.96. The topological polar surface area (TPSA) is 74.0 Å². The quantitative estimate of drug-likeness (QED) is 0.612. The summed E-state index contributed by atoms with van der Waals surface area (Å²) < 4.78 is 11.2. The molecule has 6 nitrogen and oxygen atoms in total. The Hall–Kier alpha value is -1.11. The van der Waals surface area contributed by atoms with Crippen molar-refractivity contribution in [2.45, 2.75) is 65.0 Å². The molecule has 7 atom stereocenters. The molecule has 2 aliphatic heterocycles. The van der Waals surface area contributed by atoms with Gasteiger partial charge in [-0.2, -0.15) is 5.06 Å². The van der Waals surface area contributed by atoms with Gasteiger partial charge in [-0.25, -0.2) is 4.79 Å². The van der Waals surface area contributed by atoms with Crippen molar-refractivity contribution in [2.24, 2.45) is 28.4 Å². The van der Waals surface area contributed by atoms with E-state index in [-0.39, 0.29) is 41.2 Å². The molecule has 2 heterocycles. The van der Waals surface area contributed by atoms with Gasteiger partial charge in [0.05, 0.1) is 31.3 Å². The molecule has 134 valence electrons. The van der Waals surface area contributed by atoms with Gasteiger partial charge in [0.1, 0.15) is 6.23 Å². The Morgan fingerprint density at radius 2 is 2.08 bits per heavy atom. The van der Waals surface area contributed by atoms with Crippen LogP contribution < -0.4 is 5.73 Å². The van der Waals surface area contributed by atoms with Gasteiger partial charge >= 0.3 is 5.97 Å². The number of ether oxygens (including phenoxy) is 2. The molecule has 4 fully saturated rings. The molecule has 4 aliphatic rings. The highest BCUT2D eigenvalue weighted by atomic mass is 16.8. The fourth-order valence-electron chi connectivity index (χ4n) is 5.77. The first-order chi connectivity index (χ1) is 11.2. The standard InChI is InChI=1S/C18H28N2O4/c1-9-13(11(19)8-12(21)22-5)16-20(24-9)14-10-6-7-18(4,15(14)23-16)17(10,2)3/h8-10,13-16H,6-7,19H2,1-5H3/b11-8-/t9-,10+,13+,14+,15+,16-,18-/m0/s1. The zero-order chi connectivity index (χ0) is 17.4. The predicted octanol–water partition coefficient (Wildman–Crippen LogP) is 1.80. The maximum atomic E-state index is 11.6. The highest BCUT2D eigenvalue weighted by molar-refractivity contribution is 5.82. The van der Waals surface area contributed by atoms with Crippen LogP contribution in [-0.4, -0.2) is 42.6 Å². The van der Waals surface area contributed by atoms with Crippen molar-refractivity contribution in [1.29, 1.82) is 0 Å². The van der Waals surface area contributed by atoms with Gasteiger partial charge in [0.2, 0.25) is 0 Å². The Kier molecular flexibility index (Phi) is 3.38. The lowest BCUT2D eigenvalue weighted by atomic mass is 9.70. The van der Waals surface area contributed by atoms with Crippen molar-refractivity contribution < 1.29 is 19.1 Å². The molecule has 2 N–H and O–H groups in total. The van der Waals surface area contributed by atoms with Crippen LogP contribution in [0.2, 0.25) is 0 Å². The van der Waals surface area contributed by atoms with E-state index >= 15 is 0 Å². The second-order valence-corrected chi connectivity index (χ2v) is 8.59. The summed E-state index contributed by atoms with van der Waals surface area (Å²) >= 11 is 0. The van der Waals surface area contributed by atoms with E-state index in [9.17, 15) is 4.79 Å². The van der Waals surface area contributed by atoms with E-state index < -0.39 is 5.97 Å². The number of carbonyl (C=O) groups is 1. The summed E-state index contributed by atoms with van der Waals surface area (Å²) in [7, 11) is 1.35. The number of nitrogens with two attached hydrogens (primary N) is 1. The van der Waals surface area contributed by atoms with E-state index in [2.05, 4.69) is 25.8 Å². The van der Waals surface area contributed by atoms with Gasteiger partial charge in [-0.1, -0.05) is 20.8 Å². The van der Waals surface area contributed by atoms with E-state index in [1.165, 1.54) is 26.0 Å². The van der Waals surface area contributed by atoms with Crippen molar-refractivity contribution in [2.75, 3.05) is 7.11 Å². The minimum atomic E-state index is -0.440. The number of esters is 1. The van der Waals surface area contributed by atoms with Crippen LogP contribution in [0, 0.1) is 22.7 Å². The molecule has 0 amide bonds. The Bertz CT molecular complexity index is 604. The lowest BCUT2D eigenvalue weighted by molar-refractivity contribution is -0.193. The van der Waals surface area contributed by atoms with Crippen molar-refractivity contribution >= 4 is 5.97 Å². The van der Waals surface area contributed by atoms with Crippen LogP contribution in [0.1, 0.15) is 40.5 Å². The summed E-state index contributed by atoms with van der Waals surface area (Å²) in [6.07, 6.45) is 3.59. The summed E-state index contributed by atoms with van der Waals surface area (Å²) in [6, 6.07) is 0.280. The molecule has 2 aliphatic carbocycles. The van der Waals surface area contributed by atoms with Crippen LogP contribution in [-0.2, 0) is 19.1 Å². The van der Waals surface area contributed by atoms with E-state index in [0.717, 1.165) is 0 Å². The largest absolute Gasteiger partial charge is 0.466 e. The predicted molar refractivity (Wildman–Crippen MR) is 87.2 cm³/mol. The Morgan fingerprint density at radius 1 is 1.38 bits per heavy atom. The molecule has 2 saturated carbocycles. The summed E-state index contributed by atoms with van der Waals surface area (Å²) in [5.41, 5.74) is 7.07. The molecule has 24 heavy (non-hydrogen) atoms. The van der Waals surface area contributed by atoms with Crippen LogP contribution in [0.5, 0.6) is 0 Å². The van der Waals surface area contributed by atoms with Crippen molar-refractivity contribution in [3.8, 4) is 0 Å². The SMILES string of the molecule is COC(=O)/C=C(\N)[C@H]1[C@H](C)ON2[C@@H]3[C@H]4CC[C@@](C)([C@@H]3O[C@@H]12)C4(C)C. The van der Waals surface area contributed by atoms with E-state index in [4.69, 9.17) is 20.0 Å². The van der Waals surface area contributed by atoms with Crippen LogP contribution >= 0.6 is 0 Å². The third-order valence-electron chi connectivity index (χ3n) is 7.53. The minimum absolute atomic E-state index is 0.119. The Morgan fingerprint density at radius 3 is 2.75 bits per heavy atom. The smallest absolute Gasteiger partial charge is 0.332 e. The lowest BCUT2D eigenvalue weighted by Crippen LogP contribution is -2.42. The van der Waals surface area contributed by atoms with Gasteiger partial charge in [-0.3, -0.25) is 4.84 Å². The monoisotopic (exact) mass is 336 g/mol. The van der Waals surface area contributed by atoms with Crippen molar-refractivity contribution in [3.05, 3.63) is 11.8 Å². The second-order valence-electron chi connectivity index (χ2n) is 8.59. The number of methoxy groups -OCH3 is 1. The van der Waals surface area contributed by atoms with Crippen LogP contribution in [0.4, 0.5) is 0 Å². The highest BCUT2D eigenvalue weighted by Crippen LogP contribution is 2.70. The van der Waals surface area contributed by atoms with Gasteiger partial charge in [-0.15, -0.1) is 0 Å². The molecule has 2 bridgehead atoms. The van der Waals surface area contributed by atoms with Crippen LogP contribution in [0.15, 0.2) is 11.8 Å². The Labute approximate surface area is 143 Å². The molecule has 2 saturated heterocycles. The highest BCUT2D eigenvalue weighted by Gasteiger charge is 2.73. The first-order valence-corrected chi connectivity index (χ1v) is 8.88. The number of rotatable bonds is 2. The van der Waals surface area contributed by atoms with Crippen molar-refractivity contribution in [1.82, 2.24) is 5.06 Å². The fraction of sp³-hybridized carbons (Fsp3) is 0.833. The summed E-state index contributed by atoms with van der Waals surface area (Å²) in [6.45, 7) is 9.07. The fourth-order valence-corrected chi connectivity index (χ4v) is 5.77. The summed E-state index contributed by atoms with van der Waals surface area (Å²) in [5.74, 6) is -0.0282. The third-order valence-corrected chi connectivity index (χ3v) is 7.53. The molecule has 4 rings (SSSR count). The van der Waals surface area contributed by atoms with Crippen molar-refractivity contribution in [3.63, 3.8) is 0 Å². The minimum Gasteiger partial charge on any atom is -0.466 e. The molecule has 0 aromatic rings. The van der Waals surface area contributed by atoms with Gasteiger partial charge < -0.3 is 15.2 Å². The maximum Gasteiger partial charge on any atom is 0.332 e. The average Bonchev–Trinajstić information content (AvgIpc) is 3.13. The molecular weight excluding hydrogens is 308 g/mol. The summed E-state index contributed by atoms with van der Waals surface area (Å²) in [4.78, 5) is 17.7. The molecule has 0 aromatic carbocycles. The number of fused-ring (bicyclic) bond motifs is 7. The van der Waals surface area contributed by atoms with Gasteiger partial charge in [0.15, 0.2) is 0 Å². The third kappa shape index (κ3) is 1.79. The average molecular weight is 336 g/mol. The number of hydroxylamine groups is 2. The first-order valence-electron chi connectivity index (χ1n) is 8.88. The Balaban J connectivity index is 1.64. The first kappa shape index (κ1) is 16.4. The van der Waals surface area contributed by atoms with E-state index in [1.54, 1.807) is 0 Å². The lowest BCUT2D eigenvalue weighted by Gasteiger charge is -2.38. The van der Waals surface area contributed by atoms with Gasteiger partial charge in [-0.05, 0) is 31.1 Å². The molecular formula is C18H28N2O4. The molecule has 6 heteroatoms. The zero-order valence-electron chi connectivity index (χ0n) is 15.1. The molecule has 0 aromatic heterocycles. The molecule has 0 radical (unpaired) electrons. The van der Waals surface area contributed by atoms with Gasteiger partial charge in [0.25, 0.3) is 0 Å².